The molecule has 5 heteroatoms. The van der Waals surface area contributed by atoms with Crippen molar-refractivity contribution in [3.05, 3.63) is 143 Å². The Morgan fingerprint density at radius 1 is 0.458 bits per heavy atom. The summed E-state index contributed by atoms with van der Waals surface area (Å²) >= 11 is 0. The zero-order valence-corrected chi connectivity index (χ0v) is 31.5. The Balaban J connectivity index is 0.000000249. The summed E-state index contributed by atoms with van der Waals surface area (Å²) < 4.78 is 5.68. The topological polar surface area (TPSA) is 29.8 Å². The number of benzene rings is 5. The van der Waals surface area contributed by atoms with E-state index in [1.165, 1.54) is 45.0 Å². The molecule has 0 fully saturated rings. The van der Waals surface area contributed by atoms with Gasteiger partial charge in [-0.2, -0.15) is 0 Å². The fourth-order valence-electron chi connectivity index (χ4n) is 6.57. The Labute approximate surface area is 303 Å². The van der Waals surface area contributed by atoms with Gasteiger partial charge in [0.1, 0.15) is 11.5 Å². The number of para-hydroxylation sites is 8. The maximum Gasteiger partial charge on any atom is 0.112 e. The standard InChI is InChI=1S/C31H39N2.C12H8NO.Au/c1-20(2)24-13-11-14-25(21(3)4)30(24)32-19-33(29-18-10-9-17-28(29)32)31-26(22(5)6)15-12-16-27(31)23(7)8;1-3-7-11-9(5-1)13-10-6-2-4-8-12(10)14-11;/h9-23H,1-8H3;1-8H;/q2*-1;. The van der Waals surface area contributed by atoms with Crippen molar-refractivity contribution < 1.29 is 27.1 Å². The first-order valence-corrected chi connectivity index (χ1v) is 17.0. The first kappa shape index (κ1) is 35.3. The molecule has 0 atom stereocenters. The van der Waals surface area contributed by atoms with Crippen LogP contribution in [0, 0.1) is 6.67 Å². The van der Waals surface area contributed by atoms with Crippen LogP contribution < -0.4 is 14.5 Å². The molecule has 7 rings (SSSR count). The van der Waals surface area contributed by atoms with E-state index in [1.807, 2.05) is 48.5 Å². The molecule has 0 saturated carbocycles. The van der Waals surface area contributed by atoms with Gasteiger partial charge in [-0.1, -0.05) is 152 Å². The fourth-order valence-corrected chi connectivity index (χ4v) is 6.57. The molecule has 0 aliphatic carbocycles. The molecule has 4 nitrogen and oxygen atoms in total. The van der Waals surface area contributed by atoms with Crippen LogP contribution in [0.4, 0.5) is 34.1 Å². The van der Waals surface area contributed by atoms with Crippen LogP contribution in [0.5, 0.6) is 11.5 Å². The predicted molar refractivity (Wildman–Crippen MR) is 200 cm³/mol. The average molecular weight is 819 g/mol. The van der Waals surface area contributed by atoms with Gasteiger partial charge < -0.3 is 19.9 Å². The van der Waals surface area contributed by atoms with E-state index < -0.39 is 0 Å². The van der Waals surface area contributed by atoms with E-state index >= 15 is 0 Å². The molecule has 253 valence electrons. The summed E-state index contributed by atoms with van der Waals surface area (Å²) in [6, 6.07) is 38.0. The largest absolute Gasteiger partial charge is 0.652 e. The second-order valence-corrected chi connectivity index (χ2v) is 13.7. The number of nitrogens with zero attached hydrogens (tertiary/aromatic N) is 3. The molecule has 2 heterocycles. The maximum absolute atomic E-state index is 5.68. The number of rotatable bonds is 6. The molecule has 2 aliphatic heterocycles. The van der Waals surface area contributed by atoms with Crippen LogP contribution >= 0.6 is 0 Å². The van der Waals surface area contributed by atoms with Crippen molar-refractivity contribution in [1.82, 2.24) is 0 Å². The quantitative estimate of drug-likeness (QED) is 0.124. The fraction of sp³-hybridized carbons (Fsp3) is 0.279. The Hall–Kier alpha value is -3.96. The molecule has 0 unspecified atom stereocenters. The van der Waals surface area contributed by atoms with Gasteiger partial charge in [0.15, 0.2) is 0 Å². The second kappa shape index (κ2) is 15.1. The molecule has 0 bridgehead atoms. The van der Waals surface area contributed by atoms with E-state index in [9.17, 15) is 0 Å². The smallest absolute Gasteiger partial charge is 0.112 e. The number of anilines is 4. The average Bonchev–Trinajstić information content (AvgIpc) is 3.45. The third-order valence-corrected chi connectivity index (χ3v) is 8.99. The molecular formula is C43H47AuN3O-2. The molecule has 5 aromatic rings. The van der Waals surface area contributed by atoms with Crippen LogP contribution in [-0.2, 0) is 22.4 Å². The van der Waals surface area contributed by atoms with E-state index in [0.29, 0.717) is 23.7 Å². The SMILES string of the molecule is CC(C)c1cccc(C(C)C)c1N1[CH-]N(c2c(C(C)C)cccc2C(C)C)c2ccccc21.[Au].c1ccc2c(c1)[N-]c1ccccc1O2. The van der Waals surface area contributed by atoms with Gasteiger partial charge in [-0.15, -0.1) is 6.67 Å². The van der Waals surface area contributed by atoms with Gasteiger partial charge in [0, 0.05) is 45.1 Å². The van der Waals surface area contributed by atoms with Crippen molar-refractivity contribution in [2.24, 2.45) is 0 Å². The predicted octanol–water partition coefficient (Wildman–Crippen LogP) is 13.7. The van der Waals surface area contributed by atoms with Crippen LogP contribution in [0.15, 0.2) is 109 Å². The summed E-state index contributed by atoms with van der Waals surface area (Å²) in [5.41, 5.74) is 12.6. The molecular weight excluding hydrogens is 771 g/mol. The third kappa shape index (κ3) is 6.94. The van der Waals surface area contributed by atoms with Crippen molar-refractivity contribution in [3.8, 4) is 11.5 Å². The number of hydrogen-bond donors (Lipinski definition) is 0. The molecule has 5 aromatic carbocycles. The van der Waals surface area contributed by atoms with Crippen LogP contribution in [0.25, 0.3) is 5.32 Å². The van der Waals surface area contributed by atoms with Gasteiger partial charge in [0.05, 0.1) is 0 Å². The molecule has 0 amide bonds. The van der Waals surface area contributed by atoms with Gasteiger partial charge in [-0.25, -0.2) is 0 Å². The summed E-state index contributed by atoms with van der Waals surface area (Å²) in [4.78, 5) is 4.89. The van der Waals surface area contributed by atoms with E-state index in [0.717, 1.165) is 22.9 Å². The van der Waals surface area contributed by atoms with Gasteiger partial charge >= 0.3 is 0 Å². The number of hydrogen-bond acceptors (Lipinski definition) is 3. The third-order valence-electron chi connectivity index (χ3n) is 8.99. The van der Waals surface area contributed by atoms with Crippen LogP contribution in [0.3, 0.4) is 0 Å². The summed E-state index contributed by atoms with van der Waals surface area (Å²) in [5.74, 6) is 3.44. The minimum Gasteiger partial charge on any atom is -0.652 e. The van der Waals surface area contributed by atoms with Gasteiger partial charge in [0.25, 0.3) is 0 Å². The zero-order valence-electron chi connectivity index (χ0n) is 29.3. The Morgan fingerprint density at radius 3 is 1.15 bits per heavy atom. The van der Waals surface area contributed by atoms with Crippen LogP contribution in [0.1, 0.15) is 101 Å². The minimum atomic E-state index is 0. The minimum absolute atomic E-state index is 0. The molecule has 0 N–H and O–H groups in total. The first-order valence-electron chi connectivity index (χ1n) is 17.0. The summed E-state index contributed by atoms with van der Waals surface area (Å²) in [7, 11) is 0. The monoisotopic (exact) mass is 818 g/mol. The summed E-state index contributed by atoms with van der Waals surface area (Å²) in [6.07, 6.45) is 0. The Kier molecular flexibility index (Phi) is 11.1. The zero-order chi connectivity index (χ0) is 33.2. The number of ether oxygens (including phenoxy) is 1. The van der Waals surface area contributed by atoms with Crippen LogP contribution in [-0.4, -0.2) is 0 Å². The normalized spacial score (nSPS) is 12.9. The Bertz CT molecular complexity index is 1630. The summed E-state index contributed by atoms with van der Waals surface area (Å²) in [5, 5.41) is 4.48. The van der Waals surface area contributed by atoms with Crippen molar-refractivity contribution in [2.75, 3.05) is 9.80 Å². The van der Waals surface area contributed by atoms with E-state index in [2.05, 4.69) is 138 Å². The van der Waals surface area contributed by atoms with Crippen molar-refractivity contribution in [1.29, 1.82) is 0 Å². The maximum atomic E-state index is 5.68. The van der Waals surface area contributed by atoms with Crippen LogP contribution in [0.2, 0.25) is 0 Å². The molecule has 48 heavy (non-hydrogen) atoms. The van der Waals surface area contributed by atoms with Gasteiger partial charge in [-0.3, -0.25) is 0 Å². The second-order valence-electron chi connectivity index (χ2n) is 13.7. The van der Waals surface area contributed by atoms with Crippen molar-refractivity contribution in [3.63, 3.8) is 0 Å². The van der Waals surface area contributed by atoms with E-state index in [4.69, 9.17) is 4.74 Å². The van der Waals surface area contributed by atoms with E-state index in [1.54, 1.807) is 0 Å². The molecule has 0 saturated heterocycles. The van der Waals surface area contributed by atoms with Gasteiger partial charge in [0.2, 0.25) is 0 Å². The molecule has 0 spiro atoms. The van der Waals surface area contributed by atoms with E-state index in [-0.39, 0.29) is 22.4 Å². The van der Waals surface area contributed by atoms with Crippen molar-refractivity contribution >= 4 is 34.1 Å². The first-order chi connectivity index (χ1) is 22.7. The van der Waals surface area contributed by atoms with Gasteiger partial charge in [-0.05, 0) is 70.2 Å². The summed E-state index contributed by atoms with van der Waals surface area (Å²) in [6.45, 7) is 20.7. The molecule has 1 radical (unpaired) electrons. The molecule has 2 aliphatic rings. The Morgan fingerprint density at radius 2 is 0.792 bits per heavy atom. The number of fused-ring (bicyclic) bond motifs is 3. The van der Waals surface area contributed by atoms with Crippen molar-refractivity contribution in [2.45, 2.75) is 79.1 Å². The molecule has 0 aromatic heterocycles.